The molecule has 1 aliphatic heterocycles. The molecule has 1 aromatic heterocycles. The second-order valence-corrected chi connectivity index (χ2v) is 6.40. The highest BCUT2D eigenvalue weighted by atomic mass is 19.3. The van der Waals surface area contributed by atoms with Crippen LogP contribution in [-0.2, 0) is 10.3 Å². The van der Waals surface area contributed by atoms with Crippen LogP contribution in [0.1, 0.15) is 16.1 Å². The Balaban J connectivity index is 1.90. The zero-order valence-electron chi connectivity index (χ0n) is 15.9. The van der Waals surface area contributed by atoms with Gasteiger partial charge in [-0.1, -0.05) is 5.92 Å². The summed E-state index contributed by atoms with van der Waals surface area (Å²) in [6.45, 7) is -0.802. The molecule has 1 unspecified atom stereocenters. The van der Waals surface area contributed by atoms with Gasteiger partial charge in [0.15, 0.2) is 23.7 Å². The van der Waals surface area contributed by atoms with Gasteiger partial charge in [-0.2, -0.15) is 4.98 Å². The number of amides is 1. The van der Waals surface area contributed by atoms with Crippen LogP contribution >= 0.6 is 0 Å². The highest BCUT2D eigenvalue weighted by Crippen LogP contribution is 2.38. The van der Waals surface area contributed by atoms with Gasteiger partial charge in [-0.3, -0.25) is 9.79 Å². The first-order valence-corrected chi connectivity index (χ1v) is 8.77. The summed E-state index contributed by atoms with van der Waals surface area (Å²) in [7, 11) is 0. The number of nitrogens with one attached hydrogen (secondary N) is 1. The fourth-order valence-corrected chi connectivity index (χ4v) is 2.87. The summed E-state index contributed by atoms with van der Waals surface area (Å²) in [6.07, 6.45) is 3.09. The van der Waals surface area contributed by atoms with E-state index in [4.69, 9.17) is 27.4 Å². The predicted molar refractivity (Wildman–Crippen MR) is 105 cm³/mol. The molecule has 0 saturated heterocycles. The van der Waals surface area contributed by atoms with E-state index in [9.17, 15) is 18.0 Å². The Morgan fingerprint density at radius 1 is 1.42 bits per heavy atom. The molecule has 1 aliphatic rings. The molecule has 1 atom stereocenters. The minimum atomic E-state index is -3.12. The smallest absolute Gasteiger partial charge is 0.278 e. The summed E-state index contributed by atoms with van der Waals surface area (Å²) in [5.41, 5.74) is 8.17. The number of hydrogen-bond donors (Lipinski definition) is 3. The number of rotatable bonds is 6. The first-order chi connectivity index (χ1) is 14.8. The van der Waals surface area contributed by atoms with Gasteiger partial charge in [0.05, 0.1) is 12.8 Å². The number of ether oxygens (including phenoxy) is 2. The van der Waals surface area contributed by atoms with E-state index < -0.39 is 35.9 Å². The van der Waals surface area contributed by atoms with Gasteiger partial charge in [-0.25, -0.2) is 18.2 Å². The molecule has 0 aliphatic carbocycles. The van der Waals surface area contributed by atoms with Crippen molar-refractivity contribution in [1.82, 2.24) is 9.97 Å². The van der Waals surface area contributed by atoms with E-state index in [1.807, 2.05) is 0 Å². The van der Waals surface area contributed by atoms with Gasteiger partial charge in [0.25, 0.3) is 12.3 Å². The number of nitrogen functional groups attached to an aromatic ring is 1. The van der Waals surface area contributed by atoms with Crippen molar-refractivity contribution in [3.63, 3.8) is 0 Å². The molecule has 5 N–H and O–H groups in total. The first kappa shape index (κ1) is 21.8. The van der Waals surface area contributed by atoms with Crippen molar-refractivity contribution in [2.75, 3.05) is 30.9 Å². The number of nitrogens with two attached hydrogens (primary N) is 2. The monoisotopic (exact) mass is 434 g/mol. The van der Waals surface area contributed by atoms with Crippen molar-refractivity contribution in [3.8, 4) is 18.2 Å². The summed E-state index contributed by atoms with van der Waals surface area (Å²) in [4.78, 5) is 24.0. The topological polar surface area (TPSA) is 138 Å². The number of anilines is 2. The number of amidine groups is 1. The molecular formula is C19H17F3N6O3. The molecule has 31 heavy (non-hydrogen) atoms. The molecule has 1 amide bonds. The van der Waals surface area contributed by atoms with Crippen LogP contribution in [0.3, 0.4) is 0 Å². The molecule has 12 heteroatoms. The minimum absolute atomic E-state index is 0.00497. The number of carbonyl (C=O) groups is 1. The van der Waals surface area contributed by atoms with Crippen LogP contribution in [0.15, 0.2) is 29.4 Å². The van der Waals surface area contributed by atoms with Crippen LogP contribution in [-0.4, -0.2) is 48.0 Å². The quantitative estimate of drug-likeness (QED) is 0.583. The molecular weight excluding hydrogens is 417 g/mol. The maximum absolute atomic E-state index is 14.5. The largest absolute Gasteiger partial charge is 0.463 e. The van der Waals surface area contributed by atoms with E-state index in [1.54, 1.807) is 0 Å². The number of aromatic nitrogens is 2. The molecule has 0 spiro atoms. The Morgan fingerprint density at radius 3 is 2.84 bits per heavy atom. The summed E-state index contributed by atoms with van der Waals surface area (Å²) in [6, 6.07) is 3.13. The lowest BCUT2D eigenvalue weighted by Gasteiger charge is -2.33. The van der Waals surface area contributed by atoms with Crippen LogP contribution in [0.4, 0.5) is 24.7 Å². The Bertz CT molecular complexity index is 1070. The average Bonchev–Trinajstić information content (AvgIpc) is 2.73. The maximum atomic E-state index is 14.5. The van der Waals surface area contributed by atoms with Crippen molar-refractivity contribution in [3.05, 3.63) is 41.5 Å². The molecule has 9 nitrogen and oxygen atoms in total. The Morgan fingerprint density at radius 2 is 2.19 bits per heavy atom. The van der Waals surface area contributed by atoms with Crippen molar-refractivity contribution >= 4 is 23.2 Å². The predicted octanol–water partition coefficient (Wildman–Crippen LogP) is 1.31. The molecule has 3 rings (SSSR count). The molecule has 162 valence electrons. The molecule has 1 aromatic carbocycles. The van der Waals surface area contributed by atoms with Crippen molar-refractivity contribution in [2.24, 2.45) is 10.7 Å². The molecule has 0 saturated carbocycles. The zero-order valence-corrected chi connectivity index (χ0v) is 15.9. The van der Waals surface area contributed by atoms with Crippen molar-refractivity contribution < 1.29 is 27.4 Å². The lowest BCUT2D eigenvalue weighted by atomic mass is 9.90. The van der Waals surface area contributed by atoms with E-state index in [-0.39, 0.29) is 42.1 Å². The number of carbonyl (C=O) groups excluding carboxylic acids is 1. The SMILES string of the molecule is C#CCOc1cnc(C(=O)Nc2ccc(F)c(C3(C(F)F)COCC(N)=N3)c2)c(N)n1. The van der Waals surface area contributed by atoms with Gasteiger partial charge >= 0.3 is 0 Å². The van der Waals surface area contributed by atoms with Crippen LogP contribution in [0.25, 0.3) is 0 Å². The summed E-state index contributed by atoms with van der Waals surface area (Å²) >= 11 is 0. The number of aliphatic imine (C=N–C) groups is 1. The summed E-state index contributed by atoms with van der Waals surface area (Å²) < 4.78 is 52.4. The Kier molecular flexibility index (Phi) is 6.26. The Hall–Kier alpha value is -3.85. The lowest BCUT2D eigenvalue weighted by molar-refractivity contribution is -0.0145. The highest BCUT2D eigenvalue weighted by molar-refractivity contribution is 6.05. The summed E-state index contributed by atoms with van der Waals surface area (Å²) in [5, 5.41) is 2.41. The van der Waals surface area contributed by atoms with Crippen molar-refractivity contribution in [2.45, 2.75) is 12.0 Å². The van der Waals surface area contributed by atoms with Gasteiger partial charge in [0, 0.05) is 11.3 Å². The van der Waals surface area contributed by atoms with E-state index in [0.717, 1.165) is 18.3 Å². The lowest BCUT2D eigenvalue weighted by Crippen LogP contribution is -2.45. The molecule has 0 fully saturated rings. The average molecular weight is 434 g/mol. The molecule has 0 radical (unpaired) electrons. The van der Waals surface area contributed by atoms with Crippen LogP contribution in [0, 0.1) is 18.2 Å². The highest BCUT2D eigenvalue weighted by Gasteiger charge is 2.46. The third kappa shape index (κ3) is 4.51. The van der Waals surface area contributed by atoms with Crippen LogP contribution in [0.5, 0.6) is 5.88 Å². The second-order valence-electron chi connectivity index (χ2n) is 6.40. The van der Waals surface area contributed by atoms with Crippen molar-refractivity contribution in [1.29, 1.82) is 0 Å². The van der Waals surface area contributed by atoms with Gasteiger partial charge in [-0.15, -0.1) is 6.42 Å². The summed E-state index contributed by atoms with van der Waals surface area (Å²) in [5.74, 6) is 0.0319. The molecule has 0 bridgehead atoms. The maximum Gasteiger partial charge on any atom is 0.278 e. The molecule has 2 aromatic rings. The second kappa shape index (κ2) is 8.88. The van der Waals surface area contributed by atoms with Gasteiger partial charge in [-0.05, 0) is 18.2 Å². The third-order valence-corrected chi connectivity index (χ3v) is 4.26. The van der Waals surface area contributed by atoms with E-state index in [0.29, 0.717) is 0 Å². The van der Waals surface area contributed by atoms with Crippen LogP contribution < -0.4 is 21.5 Å². The number of hydrogen-bond acceptors (Lipinski definition) is 8. The fourth-order valence-electron chi connectivity index (χ4n) is 2.87. The normalized spacial score (nSPS) is 18.2. The fraction of sp³-hybridized carbons (Fsp3) is 0.263. The zero-order chi connectivity index (χ0) is 22.6. The number of halogens is 3. The van der Waals surface area contributed by atoms with Gasteiger partial charge in [0.1, 0.15) is 18.3 Å². The van der Waals surface area contributed by atoms with E-state index >= 15 is 0 Å². The van der Waals surface area contributed by atoms with Crippen LogP contribution in [0.2, 0.25) is 0 Å². The first-order valence-electron chi connectivity index (χ1n) is 8.77. The number of alkyl halides is 2. The Labute approximate surface area is 174 Å². The minimum Gasteiger partial charge on any atom is -0.463 e. The number of nitrogens with zero attached hydrogens (tertiary/aromatic N) is 3. The molecule has 2 heterocycles. The number of benzene rings is 1. The standard InChI is InChI=1S/C19H17F3N6O3/c1-2-5-31-14-7-25-15(16(24)27-14)17(29)26-10-3-4-12(20)11(6-10)19(18(21)22)9-30-8-13(23)28-19/h1,3-4,6-7,18H,5,8-9H2,(H2,23,28)(H2,24,27)(H,26,29). The number of terminal acetylenes is 1. The van der Waals surface area contributed by atoms with Gasteiger partial charge < -0.3 is 26.3 Å². The van der Waals surface area contributed by atoms with E-state index in [1.165, 1.54) is 6.07 Å². The van der Waals surface area contributed by atoms with E-state index in [2.05, 4.69) is 26.2 Å². The van der Waals surface area contributed by atoms with Gasteiger partial charge in [0.2, 0.25) is 5.88 Å². The third-order valence-electron chi connectivity index (χ3n) is 4.26.